The van der Waals surface area contributed by atoms with Crippen molar-refractivity contribution < 1.29 is 0 Å². The number of pyridine rings is 1. The van der Waals surface area contributed by atoms with E-state index in [-0.39, 0.29) is 0 Å². The molecule has 0 amide bonds. The zero-order valence-corrected chi connectivity index (χ0v) is 7.41. The smallest absolute Gasteiger partial charge is 0.0379 e. The van der Waals surface area contributed by atoms with E-state index in [1.165, 1.54) is 0 Å². The Morgan fingerprint density at radius 2 is 2.33 bits per heavy atom. The van der Waals surface area contributed by atoms with Gasteiger partial charge in [0.15, 0.2) is 0 Å². The zero-order valence-electron chi connectivity index (χ0n) is 7.41. The van der Waals surface area contributed by atoms with Crippen LogP contribution in [-0.2, 0) is 0 Å². The highest BCUT2D eigenvalue weighted by atomic mass is 14.7. The largest absolute Gasteiger partial charge is 0.269 e. The van der Waals surface area contributed by atoms with Crippen molar-refractivity contribution in [3.63, 3.8) is 0 Å². The Hall–Kier alpha value is -1.44. The lowest BCUT2D eigenvalue weighted by atomic mass is 10.3. The third kappa shape index (κ3) is 2.02. The summed E-state index contributed by atoms with van der Waals surface area (Å²) in [5, 5.41) is 1.94. The van der Waals surface area contributed by atoms with Crippen molar-refractivity contribution in [3.8, 4) is 0 Å². The third-order valence-corrected chi connectivity index (χ3v) is 1.52. The lowest BCUT2D eigenvalue weighted by Gasteiger charge is -1.89. The minimum atomic E-state index is 0.909. The second-order valence-electron chi connectivity index (χ2n) is 2.56. The molecule has 0 saturated heterocycles. The van der Waals surface area contributed by atoms with Crippen LogP contribution >= 0.6 is 0 Å². The molecule has 0 fully saturated rings. The number of hydrogen-bond donors (Lipinski definition) is 0. The Bertz CT molecular complexity index is 391. The van der Waals surface area contributed by atoms with Crippen molar-refractivity contribution in [1.82, 2.24) is 4.98 Å². The number of aryl methyl sites for hydroxylation is 1. The van der Waals surface area contributed by atoms with Gasteiger partial charge in [0.1, 0.15) is 0 Å². The molecule has 0 spiro atoms. The zero-order chi connectivity index (χ0) is 8.97. The molecule has 1 rings (SSSR count). The highest BCUT2D eigenvalue weighted by molar-refractivity contribution is 5.57. The molecule has 2 nitrogen and oxygen atoms in total. The molecule has 0 atom stereocenters. The van der Waals surface area contributed by atoms with E-state index in [9.17, 15) is 0 Å². The van der Waals surface area contributed by atoms with Gasteiger partial charge in [-0.1, -0.05) is 6.58 Å². The lowest BCUT2D eigenvalue weighted by Crippen LogP contribution is -2.23. The maximum absolute atomic E-state index is 4.11. The number of nitrogens with zero attached hydrogens (tertiary/aromatic N) is 2. The molecule has 0 N–H and O–H groups in total. The van der Waals surface area contributed by atoms with Gasteiger partial charge in [0.05, 0.1) is 0 Å². The van der Waals surface area contributed by atoms with Crippen molar-refractivity contribution in [1.29, 1.82) is 0 Å². The van der Waals surface area contributed by atoms with Crippen LogP contribution in [0.25, 0.3) is 12.8 Å². The number of hydrogen-bond acceptors (Lipinski definition) is 2. The molecule has 0 aliphatic rings. The fraction of sp³-hybridized carbons (Fsp3) is 0.200. The van der Waals surface area contributed by atoms with Crippen LogP contribution in [0.15, 0.2) is 17.3 Å². The number of aromatic nitrogens is 1. The molecule has 0 saturated carbocycles. The summed E-state index contributed by atoms with van der Waals surface area (Å²) in [6.45, 7) is 7.68. The molecule has 1 aromatic heterocycles. The standard InChI is InChI=1S/C10H12N2/c1-4-11-7-10-5-9(3)12-6-8(10)2/h4-7H,2H2,1,3H3/b10-7-,11-4-. The maximum Gasteiger partial charge on any atom is 0.0379 e. The summed E-state index contributed by atoms with van der Waals surface area (Å²) >= 11 is 0. The van der Waals surface area contributed by atoms with E-state index >= 15 is 0 Å². The van der Waals surface area contributed by atoms with Crippen LogP contribution in [0.1, 0.15) is 12.6 Å². The molecule has 2 heteroatoms. The van der Waals surface area contributed by atoms with Crippen LogP contribution < -0.4 is 10.4 Å². The summed E-state index contributed by atoms with van der Waals surface area (Å²) in [5.41, 5.74) is 0.986. The molecule has 1 aromatic rings. The van der Waals surface area contributed by atoms with Gasteiger partial charge in [-0.3, -0.25) is 9.98 Å². The molecule has 1 heterocycles. The van der Waals surface area contributed by atoms with Crippen LogP contribution in [0.5, 0.6) is 0 Å². The fourth-order valence-electron chi connectivity index (χ4n) is 0.884. The van der Waals surface area contributed by atoms with Crippen molar-refractivity contribution in [2.45, 2.75) is 13.8 Å². The Morgan fingerprint density at radius 1 is 1.58 bits per heavy atom. The predicted octanol–water partition coefficient (Wildman–Crippen LogP) is 0.629. The van der Waals surface area contributed by atoms with Crippen LogP contribution in [-0.4, -0.2) is 11.2 Å². The number of aliphatic imine (C=N–C) groups is 1. The van der Waals surface area contributed by atoms with Crippen molar-refractivity contribution in [2.75, 3.05) is 0 Å². The van der Waals surface area contributed by atoms with E-state index < -0.39 is 0 Å². The molecule has 62 valence electrons. The van der Waals surface area contributed by atoms with E-state index in [0.717, 1.165) is 16.1 Å². The number of rotatable bonds is 1. The summed E-state index contributed by atoms with van der Waals surface area (Å²) in [4.78, 5) is 8.14. The topological polar surface area (TPSA) is 25.2 Å². The van der Waals surface area contributed by atoms with E-state index in [1.54, 1.807) is 18.6 Å². The second kappa shape index (κ2) is 3.81. The Labute approximate surface area is 72.0 Å². The first-order valence-electron chi connectivity index (χ1n) is 3.83. The molecule has 0 radical (unpaired) electrons. The van der Waals surface area contributed by atoms with Gasteiger partial charge in [-0.05, 0) is 25.1 Å². The summed E-state index contributed by atoms with van der Waals surface area (Å²) in [6.07, 6.45) is 5.29. The van der Waals surface area contributed by atoms with Gasteiger partial charge < -0.3 is 0 Å². The normalized spacial score (nSPS) is 12.7. The van der Waals surface area contributed by atoms with E-state index in [4.69, 9.17) is 0 Å². The highest BCUT2D eigenvalue weighted by Gasteiger charge is 1.84. The maximum atomic E-state index is 4.11. The third-order valence-electron chi connectivity index (χ3n) is 1.52. The van der Waals surface area contributed by atoms with Gasteiger partial charge in [-0.25, -0.2) is 0 Å². The SMILES string of the molecule is C=c1cnc(C)c/c1=C/N=C\C. The molecule has 0 aliphatic heterocycles. The molecular formula is C10H12N2. The average molecular weight is 160 g/mol. The second-order valence-corrected chi connectivity index (χ2v) is 2.56. The van der Waals surface area contributed by atoms with Crippen LogP contribution in [0.3, 0.4) is 0 Å². The first-order valence-corrected chi connectivity index (χ1v) is 3.83. The first kappa shape index (κ1) is 8.65. The van der Waals surface area contributed by atoms with Gasteiger partial charge in [-0.2, -0.15) is 0 Å². The monoisotopic (exact) mass is 160 g/mol. The quantitative estimate of drug-likeness (QED) is 0.553. The lowest BCUT2D eigenvalue weighted by molar-refractivity contribution is 1.17. The van der Waals surface area contributed by atoms with Crippen molar-refractivity contribution in [2.24, 2.45) is 4.99 Å². The summed E-state index contributed by atoms with van der Waals surface area (Å²) in [7, 11) is 0. The van der Waals surface area contributed by atoms with E-state index in [2.05, 4.69) is 16.6 Å². The van der Waals surface area contributed by atoms with Gasteiger partial charge in [0, 0.05) is 29.5 Å². The summed E-state index contributed by atoms with van der Waals surface area (Å²) in [6, 6.07) is 1.97. The van der Waals surface area contributed by atoms with Crippen LogP contribution in [0, 0.1) is 6.92 Å². The fourth-order valence-corrected chi connectivity index (χ4v) is 0.884. The van der Waals surface area contributed by atoms with E-state index in [0.29, 0.717) is 0 Å². The first-order chi connectivity index (χ1) is 5.74. The highest BCUT2D eigenvalue weighted by Crippen LogP contribution is 1.79. The minimum Gasteiger partial charge on any atom is -0.269 e. The summed E-state index contributed by atoms with van der Waals surface area (Å²) in [5.74, 6) is 0. The van der Waals surface area contributed by atoms with Gasteiger partial charge in [0.2, 0.25) is 0 Å². The van der Waals surface area contributed by atoms with Gasteiger partial charge in [0.25, 0.3) is 0 Å². The Kier molecular flexibility index (Phi) is 2.75. The van der Waals surface area contributed by atoms with Crippen molar-refractivity contribution in [3.05, 3.63) is 28.4 Å². The minimum absolute atomic E-state index is 0.909. The molecule has 12 heavy (non-hydrogen) atoms. The molecule has 0 bridgehead atoms. The van der Waals surface area contributed by atoms with Crippen molar-refractivity contribution >= 4 is 19.0 Å². The molecule has 0 unspecified atom stereocenters. The average Bonchev–Trinajstić information content (AvgIpc) is 2.07. The van der Waals surface area contributed by atoms with Gasteiger partial charge in [-0.15, -0.1) is 0 Å². The Balaban J connectivity index is 3.32. The van der Waals surface area contributed by atoms with Crippen LogP contribution in [0.4, 0.5) is 0 Å². The summed E-state index contributed by atoms with van der Waals surface area (Å²) < 4.78 is 0. The van der Waals surface area contributed by atoms with E-state index in [1.807, 2.05) is 19.9 Å². The molecule has 0 aromatic carbocycles. The predicted molar refractivity (Wildman–Crippen MR) is 52.4 cm³/mol. The molecule has 0 aliphatic carbocycles. The Morgan fingerprint density at radius 3 is 3.00 bits per heavy atom. The molecular weight excluding hydrogens is 148 g/mol. The van der Waals surface area contributed by atoms with Gasteiger partial charge >= 0.3 is 0 Å². The van der Waals surface area contributed by atoms with Crippen LogP contribution in [0.2, 0.25) is 0 Å².